The molecule has 1 aliphatic heterocycles. The first-order valence-corrected chi connectivity index (χ1v) is 3.24. The number of hydrogen-bond donors (Lipinski definition) is 0. The lowest BCUT2D eigenvalue weighted by Gasteiger charge is -2.14. The summed E-state index contributed by atoms with van der Waals surface area (Å²) in [6.07, 6.45) is 0.853. The summed E-state index contributed by atoms with van der Waals surface area (Å²) in [6.45, 7) is 5.78. The van der Waals surface area contributed by atoms with Crippen molar-refractivity contribution in [2.45, 2.75) is 32.8 Å². The van der Waals surface area contributed by atoms with Crippen LogP contribution in [-0.2, 0) is 9.53 Å². The highest BCUT2D eigenvalue weighted by Gasteiger charge is 2.36. The molecule has 2 nitrogen and oxygen atoms in total. The number of cyclic esters (lactones) is 1. The maximum Gasteiger partial charge on any atom is 0.309 e. The van der Waals surface area contributed by atoms with Crippen molar-refractivity contribution in [3.05, 3.63) is 0 Å². The predicted molar refractivity (Wildman–Crippen MR) is 34.0 cm³/mol. The lowest BCUT2D eigenvalue weighted by Crippen LogP contribution is -2.17. The number of carbonyl (C=O) groups is 1. The summed E-state index contributed by atoms with van der Waals surface area (Å²) in [6, 6.07) is 0. The first-order chi connectivity index (χ1) is 4.01. The van der Waals surface area contributed by atoms with Crippen LogP contribution < -0.4 is 0 Å². The molecular formula is C7H12O2. The second-order valence-electron chi connectivity index (χ2n) is 3.29. The Morgan fingerprint density at radius 2 is 2.22 bits per heavy atom. The molecule has 0 aromatic rings. The number of hydrogen-bond acceptors (Lipinski definition) is 2. The second-order valence-corrected chi connectivity index (χ2v) is 3.29. The number of carbonyl (C=O) groups excluding carboxylic acids is 1. The first-order valence-electron chi connectivity index (χ1n) is 3.24. The molecule has 1 rings (SSSR count). The van der Waals surface area contributed by atoms with Crippen LogP contribution in [0.15, 0.2) is 0 Å². The minimum Gasteiger partial charge on any atom is -0.459 e. The monoisotopic (exact) mass is 128 g/mol. The zero-order valence-corrected chi connectivity index (χ0v) is 6.10. The molecule has 0 aliphatic carbocycles. The molecule has 0 saturated carbocycles. The molecular weight excluding hydrogens is 116 g/mol. The third-order valence-corrected chi connectivity index (χ3v) is 1.58. The Balaban J connectivity index is 2.65. The number of rotatable bonds is 0. The van der Waals surface area contributed by atoms with Gasteiger partial charge < -0.3 is 4.74 Å². The van der Waals surface area contributed by atoms with Crippen molar-refractivity contribution in [2.24, 2.45) is 5.92 Å². The van der Waals surface area contributed by atoms with Gasteiger partial charge in [-0.25, -0.2) is 0 Å². The Morgan fingerprint density at radius 1 is 1.67 bits per heavy atom. The molecule has 0 unspecified atom stereocenters. The van der Waals surface area contributed by atoms with Gasteiger partial charge in [0, 0.05) is 0 Å². The summed E-state index contributed by atoms with van der Waals surface area (Å²) in [5.74, 6) is 0.0417. The van der Waals surface area contributed by atoms with Crippen LogP contribution in [0.3, 0.4) is 0 Å². The van der Waals surface area contributed by atoms with E-state index in [0.29, 0.717) is 0 Å². The Hall–Kier alpha value is -0.530. The van der Waals surface area contributed by atoms with Crippen molar-refractivity contribution in [1.82, 2.24) is 0 Å². The van der Waals surface area contributed by atoms with E-state index in [-0.39, 0.29) is 17.5 Å². The first kappa shape index (κ1) is 6.59. The maximum absolute atomic E-state index is 10.8. The third-order valence-electron chi connectivity index (χ3n) is 1.58. The van der Waals surface area contributed by atoms with Crippen molar-refractivity contribution in [2.75, 3.05) is 0 Å². The highest BCUT2D eigenvalue weighted by molar-refractivity contribution is 5.74. The number of esters is 1. The van der Waals surface area contributed by atoms with Crippen LogP contribution in [0.5, 0.6) is 0 Å². The van der Waals surface area contributed by atoms with Crippen LogP contribution in [0, 0.1) is 5.92 Å². The van der Waals surface area contributed by atoms with Crippen molar-refractivity contribution in [3.63, 3.8) is 0 Å². The van der Waals surface area contributed by atoms with Crippen molar-refractivity contribution >= 4 is 5.97 Å². The minimum absolute atomic E-state index is 0.0556. The molecule has 9 heavy (non-hydrogen) atoms. The summed E-state index contributed by atoms with van der Waals surface area (Å²) in [5, 5.41) is 0. The summed E-state index contributed by atoms with van der Waals surface area (Å²) in [5.41, 5.74) is -0.212. The zero-order chi connectivity index (χ0) is 7.07. The van der Waals surface area contributed by atoms with Crippen LogP contribution in [-0.4, -0.2) is 11.6 Å². The average Bonchev–Trinajstić information content (AvgIpc) is 1.79. The van der Waals surface area contributed by atoms with E-state index < -0.39 is 0 Å². The Morgan fingerprint density at radius 3 is 2.33 bits per heavy atom. The lowest BCUT2D eigenvalue weighted by atomic mass is 9.99. The standard InChI is InChI=1S/C7H12O2/c1-5-4-7(2,3)9-6(5)8/h5H,4H2,1-3H3/t5-/m1/s1. The molecule has 0 spiro atoms. The molecule has 1 saturated heterocycles. The van der Waals surface area contributed by atoms with Crippen LogP contribution in [0.2, 0.25) is 0 Å². The fourth-order valence-corrected chi connectivity index (χ4v) is 1.24. The van der Waals surface area contributed by atoms with Gasteiger partial charge >= 0.3 is 5.97 Å². The molecule has 2 heteroatoms. The molecule has 1 atom stereocenters. The quantitative estimate of drug-likeness (QED) is 0.460. The van der Waals surface area contributed by atoms with Crippen molar-refractivity contribution in [3.8, 4) is 0 Å². The molecule has 1 aliphatic rings. The van der Waals surface area contributed by atoms with Crippen LogP contribution in [0.4, 0.5) is 0 Å². The van der Waals surface area contributed by atoms with Gasteiger partial charge in [0.25, 0.3) is 0 Å². The fourth-order valence-electron chi connectivity index (χ4n) is 1.24. The van der Waals surface area contributed by atoms with Gasteiger partial charge in [-0.1, -0.05) is 6.92 Å². The van der Waals surface area contributed by atoms with E-state index in [1.165, 1.54) is 0 Å². The van der Waals surface area contributed by atoms with Gasteiger partial charge in [-0.05, 0) is 20.3 Å². The molecule has 0 amide bonds. The van der Waals surface area contributed by atoms with Gasteiger partial charge in [0.15, 0.2) is 0 Å². The Labute approximate surface area is 55.2 Å². The van der Waals surface area contributed by atoms with E-state index in [4.69, 9.17) is 4.74 Å². The summed E-state index contributed by atoms with van der Waals surface area (Å²) in [7, 11) is 0. The minimum atomic E-state index is -0.212. The third kappa shape index (κ3) is 1.23. The largest absolute Gasteiger partial charge is 0.459 e. The predicted octanol–water partition coefficient (Wildman–Crippen LogP) is 1.35. The highest BCUT2D eigenvalue weighted by atomic mass is 16.6. The molecule has 0 radical (unpaired) electrons. The SMILES string of the molecule is C[C@@H]1CC(C)(C)OC1=O. The average molecular weight is 128 g/mol. The second kappa shape index (κ2) is 1.72. The van der Waals surface area contributed by atoms with E-state index in [0.717, 1.165) is 6.42 Å². The van der Waals surface area contributed by atoms with Gasteiger partial charge in [0.2, 0.25) is 0 Å². The van der Waals surface area contributed by atoms with Gasteiger partial charge in [-0.15, -0.1) is 0 Å². The summed E-state index contributed by atoms with van der Waals surface area (Å²) < 4.78 is 5.02. The molecule has 1 fully saturated rings. The van der Waals surface area contributed by atoms with Gasteiger partial charge in [-0.3, -0.25) is 4.79 Å². The molecule has 0 aromatic carbocycles. The van der Waals surface area contributed by atoms with Gasteiger partial charge in [0.1, 0.15) is 5.60 Å². The summed E-state index contributed by atoms with van der Waals surface area (Å²) in [4.78, 5) is 10.8. The van der Waals surface area contributed by atoms with E-state index in [9.17, 15) is 4.79 Å². The van der Waals surface area contributed by atoms with Crippen molar-refractivity contribution in [1.29, 1.82) is 0 Å². The zero-order valence-electron chi connectivity index (χ0n) is 6.10. The van der Waals surface area contributed by atoms with Crippen LogP contribution in [0.25, 0.3) is 0 Å². The normalized spacial score (nSPS) is 32.3. The van der Waals surface area contributed by atoms with E-state index in [2.05, 4.69) is 0 Å². The molecule has 0 bridgehead atoms. The van der Waals surface area contributed by atoms with Crippen LogP contribution >= 0.6 is 0 Å². The highest BCUT2D eigenvalue weighted by Crippen LogP contribution is 2.29. The Bertz CT molecular complexity index is 138. The molecule has 52 valence electrons. The summed E-state index contributed by atoms with van der Waals surface area (Å²) >= 11 is 0. The maximum atomic E-state index is 10.8. The fraction of sp³-hybridized carbons (Fsp3) is 0.857. The Kier molecular flexibility index (Phi) is 1.26. The van der Waals surface area contributed by atoms with Crippen molar-refractivity contribution < 1.29 is 9.53 Å². The van der Waals surface area contributed by atoms with Crippen LogP contribution in [0.1, 0.15) is 27.2 Å². The lowest BCUT2D eigenvalue weighted by molar-refractivity contribution is -0.148. The molecule has 1 heterocycles. The van der Waals surface area contributed by atoms with E-state index >= 15 is 0 Å². The van der Waals surface area contributed by atoms with Gasteiger partial charge in [-0.2, -0.15) is 0 Å². The van der Waals surface area contributed by atoms with E-state index in [1.807, 2.05) is 20.8 Å². The molecule has 0 aromatic heterocycles. The topological polar surface area (TPSA) is 26.3 Å². The van der Waals surface area contributed by atoms with Gasteiger partial charge in [0.05, 0.1) is 5.92 Å². The molecule has 0 N–H and O–H groups in total. The smallest absolute Gasteiger partial charge is 0.309 e. The van der Waals surface area contributed by atoms with E-state index in [1.54, 1.807) is 0 Å². The number of ether oxygens (including phenoxy) is 1.